The summed E-state index contributed by atoms with van der Waals surface area (Å²) in [6, 6.07) is 3.90. The average Bonchev–Trinajstić information content (AvgIpc) is 2.30. The molecule has 0 aliphatic heterocycles. The van der Waals surface area contributed by atoms with Gasteiger partial charge in [0.1, 0.15) is 5.52 Å². The summed E-state index contributed by atoms with van der Waals surface area (Å²) in [6.07, 6.45) is 3.62. The lowest BCUT2D eigenvalue weighted by Crippen LogP contribution is -1.82. The molecule has 0 unspecified atom stereocenters. The first-order valence-corrected chi connectivity index (χ1v) is 3.44. The van der Waals surface area contributed by atoms with Gasteiger partial charge in [0.25, 0.3) is 0 Å². The summed E-state index contributed by atoms with van der Waals surface area (Å²) in [5, 5.41) is 0. The van der Waals surface area contributed by atoms with Crippen molar-refractivity contribution in [2.75, 3.05) is 5.73 Å². The molecule has 0 amide bonds. The van der Waals surface area contributed by atoms with Crippen molar-refractivity contribution in [2.45, 2.75) is 0 Å². The number of rotatable bonds is 0. The average molecular weight is 147 g/mol. The van der Waals surface area contributed by atoms with E-state index in [2.05, 4.69) is 4.98 Å². The van der Waals surface area contributed by atoms with Gasteiger partial charge in [-0.15, -0.1) is 0 Å². The summed E-state index contributed by atoms with van der Waals surface area (Å²) in [5.74, 6) is 0. The molecule has 0 radical (unpaired) electrons. The van der Waals surface area contributed by atoms with Crippen molar-refractivity contribution in [1.82, 2.24) is 9.55 Å². The molecule has 0 bridgehead atoms. The molecule has 11 heavy (non-hydrogen) atoms. The fourth-order valence-corrected chi connectivity index (χ4v) is 1.24. The van der Waals surface area contributed by atoms with Crippen molar-refractivity contribution >= 4 is 16.7 Å². The number of aromatic nitrogens is 2. The fourth-order valence-electron chi connectivity index (χ4n) is 1.24. The first-order chi connectivity index (χ1) is 5.29. The Balaban J connectivity index is 2.95. The minimum absolute atomic E-state index is 0.739. The number of hydrogen-bond acceptors (Lipinski definition) is 2. The van der Waals surface area contributed by atoms with Crippen LogP contribution < -0.4 is 5.73 Å². The largest absolute Gasteiger partial charge is 0.396 e. The second-order valence-electron chi connectivity index (χ2n) is 2.57. The van der Waals surface area contributed by atoms with E-state index in [4.69, 9.17) is 5.73 Å². The Morgan fingerprint density at radius 3 is 3.09 bits per heavy atom. The third-order valence-electron chi connectivity index (χ3n) is 1.77. The van der Waals surface area contributed by atoms with E-state index in [1.54, 1.807) is 6.20 Å². The number of pyridine rings is 1. The van der Waals surface area contributed by atoms with Crippen LogP contribution in [0, 0.1) is 0 Å². The highest BCUT2D eigenvalue weighted by molar-refractivity contribution is 5.87. The molecular weight excluding hydrogens is 138 g/mol. The van der Waals surface area contributed by atoms with Gasteiger partial charge in [0.2, 0.25) is 0 Å². The molecule has 2 rings (SSSR count). The quantitative estimate of drug-likeness (QED) is 0.607. The van der Waals surface area contributed by atoms with Crippen molar-refractivity contribution in [3.8, 4) is 0 Å². The van der Waals surface area contributed by atoms with E-state index in [0.29, 0.717) is 0 Å². The lowest BCUT2D eigenvalue weighted by Gasteiger charge is -1.91. The zero-order valence-electron chi connectivity index (χ0n) is 6.28. The minimum atomic E-state index is 0.739. The lowest BCUT2D eigenvalue weighted by molar-refractivity contribution is 0.969. The number of fused-ring (bicyclic) bond motifs is 1. The molecule has 56 valence electrons. The Labute approximate surface area is 64.5 Å². The van der Waals surface area contributed by atoms with Crippen LogP contribution in [0.4, 0.5) is 5.69 Å². The van der Waals surface area contributed by atoms with Crippen molar-refractivity contribution in [1.29, 1.82) is 0 Å². The number of nitrogens with zero attached hydrogens (tertiary/aromatic N) is 2. The van der Waals surface area contributed by atoms with Crippen molar-refractivity contribution in [2.24, 2.45) is 7.05 Å². The van der Waals surface area contributed by atoms with Crippen LogP contribution in [0.25, 0.3) is 11.0 Å². The molecule has 2 aromatic heterocycles. The van der Waals surface area contributed by atoms with Gasteiger partial charge in [0, 0.05) is 19.4 Å². The Bertz CT molecular complexity index is 353. The van der Waals surface area contributed by atoms with E-state index in [-0.39, 0.29) is 0 Å². The number of nitrogens with two attached hydrogens (primary N) is 1. The maximum absolute atomic E-state index is 5.69. The number of aryl methyl sites for hydroxylation is 1. The highest BCUT2D eigenvalue weighted by Gasteiger charge is 2.01. The molecule has 0 atom stereocenters. The van der Waals surface area contributed by atoms with Crippen LogP contribution in [0.5, 0.6) is 0 Å². The molecule has 0 aromatic carbocycles. The molecule has 3 heteroatoms. The first kappa shape index (κ1) is 6.22. The first-order valence-electron chi connectivity index (χ1n) is 3.44. The Morgan fingerprint density at radius 2 is 2.36 bits per heavy atom. The van der Waals surface area contributed by atoms with E-state index >= 15 is 0 Å². The van der Waals surface area contributed by atoms with Crippen LogP contribution in [-0.2, 0) is 7.05 Å². The zero-order chi connectivity index (χ0) is 7.84. The second-order valence-corrected chi connectivity index (χ2v) is 2.57. The molecule has 2 N–H and O–H groups in total. The zero-order valence-corrected chi connectivity index (χ0v) is 6.28. The van der Waals surface area contributed by atoms with E-state index in [1.807, 2.05) is 29.9 Å². The highest BCUT2D eigenvalue weighted by atomic mass is 15.0. The summed E-state index contributed by atoms with van der Waals surface area (Å²) in [6.45, 7) is 0. The Morgan fingerprint density at radius 1 is 1.55 bits per heavy atom. The molecular formula is C8H9N3. The maximum atomic E-state index is 5.69. The minimum Gasteiger partial charge on any atom is -0.396 e. The van der Waals surface area contributed by atoms with Crippen molar-refractivity contribution < 1.29 is 0 Å². The van der Waals surface area contributed by atoms with E-state index in [0.717, 1.165) is 16.7 Å². The van der Waals surface area contributed by atoms with Gasteiger partial charge in [-0.3, -0.25) is 4.98 Å². The normalized spacial score (nSPS) is 10.6. The highest BCUT2D eigenvalue weighted by Crippen LogP contribution is 2.18. The second kappa shape index (κ2) is 1.99. The number of nitrogen functional groups attached to an aromatic ring is 1. The molecule has 0 spiro atoms. The van der Waals surface area contributed by atoms with Crippen molar-refractivity contribution in [3.63, 3.8) is 0 Å². The molecule has 0 aliphatic carbocycles. The smallest absolute Gasteiger partial charge is 0.111 e. The molecule has 3 nitrogen and oxygen atoms in total. The van der Waals surface area contributed by atoms with Crippen LogP contribution in [0.15, 0.2) is 24.5 Å². The van der Waals surface area contributed by atoms with Crippen LogP contribution in [0.3, 0.4) is 0 Å². The summed E-state index contributed by atoms with van der Waals surface area (Å²) < 4.78 is 1.97. The van der Waals surface area contributed by atoms with Gasteiger partial charge in [-0.05, 0) is 12.1 Å². The topological polar surface area (TPSA) is 43.8 Å². The van der Waals surface area contributed by atoms with Crippen LogP contribution in [0.1, 0.15) is 0 Å². The lowest BCUT2D eigenvalue weighted by atomic mass is 10.4. The third kappa shape index (κ3) is 0.774. The van der Waals surface area contributed by atoms with E-state index in [1.165, 1.54) is 0 Å². The van der Waals surface area contributed by atoms with Gasteiger partial charge in [0.15, 0.2) is 0 Å². The molecule has 0 aliphatic rings. The fraction of sp³-hybridized carbons (Fsp3) is 0.125. The predicted octanol–water partition coefficient (Wildman–Crippen LogP) is 1.16. The van der Waals surface area contributed by atoms with Gasteiger partial charge in [-0.25, -0.2) is 0 Å². The van der Waals surface area contributed by atoms with Gasteiger partial charge in [-0.2, -0.15) is 0 Å². The van der Waals surface area contributed by atoms with Gasteiger partial charge in [-0.1, -0.05) is 0 Å². The molecule has 0 saturated heterocycles. The summed E-state index contributed by atoms with van der Waals surface area (Å²) in [4.78, 5) is 4.16. The number of anilines is 1. The monoisotopic (exact) mass is 147 g/mol. The number of hydrogen-bond donors (Lipinski definition) is 1. The van der Waals surface area contributed by atoms with Crippen LogP contribution >= 0.6 is 0 Å². The maximum Gasteiger partial charge on any atom is 0.111 e. The predicted molar refractivity (Wildman–Crippen MR) is 45.1 cm³/mol. The van der Waals surface area contributed by atoms with E-state index < -0.39 is 0 Å². The SMILES string of the molecule is Cn1cc(N)c2ncccc21. The molecule has 0 saturated carbocycles. The summed E-state index contributed by atoms with van der Waals surface area (Å²) in [7, 11) is 1.96. The summed E-state index contributed by atoms with van der Waals surface area (Å²) >= 11 is 0. The van der Waals surface area contributed by atoms with E-state index in [9.17, 15) is 0 Å². The van der Waals surface area contributed by atoms with Gasteiger partial charge >= 0.3 is 0 Å². The molecule has 2 aromatic rings. The molecule has 0 fully saturated rings. The Hall–Kier alpha value is -1.51. The summed E-state index contributed by atoms with van der Waals surface area (Å²) in [5.41, 5.74) is 8.39. The van der Waals surface area contributed by atoms with Crippen LogP contribution in [-0.4, -0.2) is 9.55 Å². The standard InChI is InChI=1S/C8H9N3/c1-11-5-6(9)8-7(11)3-2-4-10-8/h2-5H,9H2,1H3. The van der Waals surface area contributed by atoms with Gasteiger partial charge < -0.3 is 10.3 Å². The Kier molecular flexibility index (Phi) is 1.12. The molecule has 2 heterocycles. The van der Waals surface area contributed by atoms with Crippen LogP contribution in [0.2, 0.25) is 0 Å². The third-order valence-corrected chi connectivity index (χ3v) is 1.77. The van der Waals surface area contributed by atoms with Gasteiger partial charge in [0.05, 0.1) is 11.2 Å². The van der Waals surface area contributed by atoms with Crippen molar-refractivity contribution in [3.05, 3.63) is 24.5 Å².